The number of ether oxygens (including phenoxy) is 1. The van der Waals surface area contributed by atoms with Crippen molar-refractivity contribution in [3.63, 3.8) is 0 Å². The third kappa shape index (κ3) is 4.17. The topological polar surface area (TPSA) is 95.7 Å². The molecule has 0 aliphatic carbocycles. The van der Waals surface area contributed by atoms with Crippen LogP contribution in [0.4, 0.5) is 0 Å². The van der Waals surface area contributed by atoms with Gasteiger partial charge in [-0.25, -0.2) is 9.97 Å². The van der Waals surface area contributed by atoms with Crippen LogP contribution in [-0.4, -0.2) is 32.2 Å². The van der Waals surface area contributed by atoms with Gasteiger partial charge in [-0.05, 0) is 62.7 Å². The highest BCUT2D eigenvalue weighted by molar-refractivity contribution is 6.02. The molecule has 0 bridgehead atoms. The van der Waals surface area contributed by atoms with Crippen molar-refractivity contribution >= 4 is 27.8 Å². The van der Waals surface area contributed by atoms with Crippen LogP contribution >= 0.6 is 0 Å². The molecule has 1 atom stereocenters. The molecule has 0 spiro atoms. The average Bonchev–Trinajstić information content (AvgIpc) is 3.42. The second-order valence-corrected chi connectivity index (χ2v) is 8.36. The standard InChI is InChI=1S/C26H25N5O2/c1-15(2)33-19-11-9-18(10-12-19)24-20-13-22-23(14-21(20)30-31-24)29-25(28-22)26(32)27-16(3)17-7-5-4-6-8-17/h4-16,30-31H,1-3H3,(H,27,32)/t16-/m1/s1. The van der Waals surface area contributed by atoms with Gasteiger partial charge in [-0.2, -0.15) is 0 Å². The summed E-state index contributed by atoms with van der Waals surface area (Å²) >= 11 is 0. The Morgan fingerprint density at radius 1 is 0.909 bits per heavy atom. The number of aromatic nitrogens is 4. The van der Waals surface area contributed by atoms with E-state index in [1.54, 1.807) is 0 Å². The Bertz CT molecular complexity index is 1420. The quantitative estimate of drug-likeness (QED) is 0.331. The minimum Gasteiger partial charge on any atom is -0.491 e. The Kier molecular flexibility index (Phi) is 5.30. The van der Waals surface area contributed by atoms with Crippen molar-refractivity contribution in [1.82, 2.24) is 25.5 Å². The van der Waals surface area contributed by atoms with E-state index in [1.807, 2.05) is 87.5 Å². The molecule has 0 saturated carbocycles. The first-order valence-electron chi connectivity index (χ1n) is 11.0. The molecule has 2 heterocycles. The van der Waals surface area contributed by atoms with Crippen LogP contribution in [0.3, 0.4) is 0 Å². The van der Waals surface area contributed by atoms with E-state index in [2.05, 4.69) is 25.5 Å². The molecule has 0 aliphatic rings. The summed E-state index contributed by atoms with van der Waals surface area (Å²) in [5.74, 6) is 0.707. The smallest absolute Gasteiger partial charge is 0.289 e. The summed E-state index contributed by atoms with van der Waals surface area (Å²) < 4.78 is 5.74. The van der Waals surface area contributed by atoms with Gasteiger partial charge in [0.2, 0.25) is 5.82 Å². The molecule has 2 aromatic heterocycles. The number of benzene rings is 3. The highest BCUT2D eigenvalue weighted by Gasteiger charge is 2.18. The fraction of sp³-hybridized carbons (Fsp3) is 0.192. The van der Waals surface area contributed by atoms with Crippen LogP contribution in [0.2, 0.25) is 0 Å². The van der Waals surface area contributed by atoms with Crippen molar-refractivity contribution in [2.75, 3.05) is 0 Å². The molecule has 33 heavy (non-hydrogen) atoms. The molecule has 0 aliphatic heterocycles. The zero-order chi connectivity index (χ0) is 22.9. The van der Waals surface area contributed by atoms with E-state index in [9.17, 15) is 4.79 Å². The van der Waals surface area contributed by atoms with Gasteiger partial charge in [0.05, 0.1) is 34.4 Å². The van der Waals surface area contributed by atoms with Gasteiger partial charge in [-0.3, -0.25) is 9.89 Å². The van der Waals surface area contributed by atoms with Crippen molar-refractivity contribution in [1.29, 1.82) is 0 Å². The zero-order valence-corrected chi connectivity index (χ0v) is 18.7. The monoisotopic (exact) mass is 439 g/mol. The minimum atomic E-state index is -0.293. The highest BCUT2D eigenvalue weighted by Crippen LogP contribution is 2.30. The van der Waals surface area contributed by atoms with Crippen LogP contribution < -0.4 is 10.1 Å². The normalized spacial score (nSPS) is 12.4. The van der Waals surface area contributed by atoms with Crippen LogP contribution in [0, 0.1) is 0 Å². The first-order chi connectivity index (χ1) is 16.0. The van der Waals surface area contributed by atoms with Crippen molar-refractivity contribution in [2.45, 2.75) is 32.9 Å². The fourth-order valence-electron chi connectivity index (χ4n) is 3.90. The molecule has 1 amide bonds. The van der Waals surface area contributed by atoms with Gasteiger partial charge in [0.1, 0.15) is 5.75 Å². The number of nitrogens with zero attached hydrogens (tertiary/aromatic N) is 2. The average molecular weight is 440 g/mol. The van der Waals surface area contributed by atoms with E-state index in [4.69, 9.17) is 4.74 Å². The molecule has 0 fully saturated rings. The number of fused-ring (bicyclic) bond motifs is 2. The summed E-state index contributed by atoms with van der Waals surface area (Å²) in [6.07, 6.45) is 0.127. The van der Waals surface area contributed by atoms with Crippen LogP contribution in [0.5, 0.6) is 5.75 Å². The van der Waals surface area contributed by atoms with E-state index in [0.29, 0.717) is 11.0 Å². The van der Waals surface area contributed by atoms with Gasteiger partial charge < -0.3 is 15.2 Å². The molecule has 7 nitrogen and oxygen atoms in total. The largest absolute Gasteiger partial charge is 0.491 e. The van der Waals surface area contributed by atoms with Gasteiger partial charge in [-0.15, -0.1) is 0 Å². The molecule has 7 heteroatoms. The van der Waals surface area contributed by atoms with E-state index in [1.165, 1.54) is 0 Å². The Labute approximate surface area is 191 Å². The lowest BCUT2D eigenvalue weighted by Crippen LogP contribution is -2.27. The maximum atomic E-state index is 12.8. The van der Waals surface area contributed by atoms with E-state index in [-0.39, 0.29) is 23.9 Å². The van der Waals surface area contributed by atoms with Crippen LogP contribution in [0.1, 0.15) is 43.0 Å². The maximum Gasteiger partial charge on any atom is 0.289 e. The number of aromatic amines is 2. The third-order valence-corrected chi connectivity index (χ3v) is 5.52. The van der Waals surface area contributed by atoms with Crippen molar-refractivity contribution < 1.29 is 9.53 Å². The van der Waals surface area contributed by atoms with Gasteiger partial charge in [0.25, 0.3) is 5.91 Å². The first-order valence-corrected chi connectivity index (χ1v) is 11.0. The second-order valence-electron chi connectivity index (χ2n) is 8.36. The van der Waals surface area contributed by atoms with E-state index < -0.39 is 0 Å². The molecular weight excluding hydrogens is 414 g/mol. The van der Waals surface area contributed by atoms with Gasteiger partial charge in [-0.1, -0.05) is 30.3 Å². The number of rotatable bonds is 6. The number of hydrogen-bond donors (Lipinski definition) is 3. The Morgan fingerprint density at radius 3 is 2.30 bits per heavy atom. The number of imidazole rings is 1. The lowest BCUT2D eigenvalue weighted by atomic mass is 10.1. The predicted octanol–water partition coefficient (Wildman–Crippen LogP) is 5.38. The van der Waals surface area contributed by atoms with Crippen LogP contribution in [-0.2, 0) is 0 Å². The molecule has 0 saturated heterocycles. The van der Waals surface area contributed by atoms with E-state index in [0.717, 1.165) is 33.5 Å². The number of carbonyl (C=O) groups is 1. The van der Waals surface area contributed by atoms with Crippen LogP contribution in [0.25, 0.3) is 33.2 Å². The highest BCUT2D eigenvalue weighted by atomic mass is 16.5. The fourth-order valence-corrected chi connectivity index (χ4v) is 3.90. The summed E-state index contributed by atoms with van der Waals surface area (Å²) in [5, 5.41) is 10.4. The number of H-pyrrole nitrogens is 2. The van der Waals surface area contributed by atoms with Gasteiger partial charge in [0, 0.05) is 10.9 Å². The summed E-state index contributed by atoms with van der Waals surface area (Å²) in [7, 11) is 0. The summed E-state index contributed by atoms with van der Waals surface area (Å²) in [4.78, 5) is 21.7. The number of hydrogen-bond acceptors (Lipinski definition) is 4. The van der Waals surface area contributed by atoms with Gasteiger partial charge >= 0.3 is 0 Å². The number of carbonyl (C=O) groups excluding carboxylic acids is 1. The van der Waals surface area contributed by atoms with Gasteiger partial charge in [0.15, 0.2) is 0 Å². The second kappa shape index (κ2) is 8.43. The molecule has 3 aromatic carbocycles. The van der Waals surface area contributed by atoms with Crippen molar-refractivity contribution in [3.05, 3.63) is 78.1 Å². The Balaban J connectivity index is 1.43. The van der Waals surface area contributed by atoms with Crippen LogP contribution in [0.15, 0.2) is 66.7 Å². The molecule has 5 rings (SSSR count). The van der Waals surface area contributed by atoms with Crippen molar-refractivity contribution in [3.8, 4) is 17.0 Å². The molecule has 3 N–H and O–H groups in total. The maximum absolute atomic E-state index is 12.8. The Morgan fingerprint density at radius 2 is 1.61 bits per heavy atom. The SMILES string of the molecule is CC(C)Oc1ccc(-c2[nH][nH]c3cc4nc(C(=O)N[C@H](C)c5ccccc5)nc4cc23)cc1. The molecule has 0 unspecified atom stereocenters. The summed E-state index contributed by atoms with van der Waals surface area (Å²) in [5.41, 5.74) is 5.22. The summed E-state index contributed by atoms with van der Waals surface area (Å²) in [6, 6.07) is 21.5. The molecular formula is C26H25N5O2. The zero-order valence-electron chi connectivity index (χ0n) is 18.7. The predicted molar refractivity (Wildman–Crippen MR) is 129 cm³/mol. The third-order valence-electron chi connectivity index (χ3n) is 5.52. The summed E-state index contributed by atoms with van der Waals surface area (Å²) in [6.45, 7) is 5.95. The number of nitrogens with one attached hydrogen (secondary N) is 3. The first kappa shape index (κ1) is 20.8. The lowest BCUT2D eigenvalue weighted by molar-refractivity contribution is 0.0930. The lowest BCUT2D eigenvalue weighted by Gasteiger charge is -2.12. The number of amides is 1. The van der Waals surface area contributed by atoms with E-state index >= 15 is 0 Å². The molecule has 0 radical (unpaired) electrons. The Hall–Kier alpha value is -4.13. The minimum absolute atomic E-state index is 0.127. The molecule has 5 aromatic rings. The molecule has 166 valence electrons. The van der Waals surface area contributed by atoms with Crippen molar-refractivity contribution in [2.24, 2.45) is 0 Å².